The first-order chi connectivity index (χ1) is 11.0. The molecule has 126 valence electrons. The second-order valence-electron chi connectivity index (χ2n) is 6.04. The van der Waals surface area contributed by atoms with Gasteiger partial charge in [0.25, 0.3) is 11.6 Å². The first kappa shape index (κ1) is 17.2. The molecule has 1 saturated heterocycles. The highest BCUT2D eigenvalue weighted by Gasteiger charge is 2.27. The third-order valence-electron chi connectivity index (χ3n) is 3.93. The van der Waals surface area contributed by atoms with E-state index >= 15 is 0 Å². The third-order valence-corrected chi connectivity index (χ3v) is 3.93. The van der Waals surface area contributed by atoms with Crippen molar-refractivity contribution in [3.8, 4) is 5.75 Å². The normalized spacial score (nSPS) is 18.0. The standard InChI is InChI=1S/C16H23N3O4/c1-17(2)11-14-5-3-4-10-18(14)16(20)12-23-15-8-6-13(7-9-15)19(21)22/h6-9,14H,3-5,10-12H2,1-2H3. The van der Waals surface area contributed by atoms with E-state index < -0.39 is 4.92 Å². The van der Waals surface area contributed by atoms with Crippen molar-refractivity contribution in [2.75, 3.05) is 33.8 Å². The number of piperidine rings is 1. The number of carbonyl (C=O) groups is 1. The van der Waals surface area contributed by atoms with Crippen LogP contribution in [0.4, 0.5) is 5.69 Å². The molecule has 0 radical (unpaired) electrons. The van der Waals surface area contributed by atoms with Crippen LogP contribution in [0.5, 0.6) is 5.75 Å². The van der Waals surface area contributed by atoms with Gasteiger partial charge in [0.1, 0.15) is 5.75 Å². The number of hydrogen-bond acceptors (Lipinski definition) is 5. The largest absolute Gasteiger partial charge is 0.484 e. The van der Waals surface area contributed by atoms with Gasteiger partial charge in [-0.2, -0.15) is 0 Å². The van der Waals surface area contributed by atoms with Gasteiger partial charge in [-0.25, -0.2) is 0 Å². The molecule has 0 saturated carbocycles. The molecule has 2 rings (SSSR count). The van der Waals surface area contributed by atoms with E-state index in [1.165, 1.54) is 24.3 Å². The number of likely N-dealkylation sites (N-methyl/N-ethyl adjacent to an activating group) is 1. The number of rotatable bonds is 6. The van der Waals surface area contributed by atoms with E-state index in [4.69, 9.17) is 4.74 Å². The van der Waals surface area contributed by atoms with Crippen LogP contribution in [0.3, 0.4) is 0 Å². The molecule has 0 aliphatic carbocycles. The van der Waals surface area contributed by atoms with Gasteiger partial charge in [-0.15, -0.1) is 0 Å². The number of hydrogen-bond donors (Lipinski definition) is 0. The van der Waals surface area contributed by atoms with E-state index in [2.05, 4.69) is 4.90 Å². The molecule has 1 aliphatic rings. The molecule has 1 atom stereocenters. The molecule has 1 fully saturated rings. The number of amides is 1. The van der Waals surface area contributed by atoms with Gasteiger partial charge in [0.2, 0.25) is 0 Å². The first-order valence-electron chi connectivity index (χ1n) is 7.79. The Morgan fingerprint density at radius 1 is 1.35 bits per heavy atom. The summed E-state index contributed by atoms with van der Waals surface area (Å²) in [6.45, 7) is 1.58. The highest BCUT2D eigenvalue weighted by atomic mass is 16.6. The van der Waals surface area contributed by atoms with E-state index in [1.807, 2.05) is 19.0 Å². The summed E-state index contributed by atoms with van der Waals surface area (Å²) in [5.74, 6) is 0.431. The molecule has 1 aromatic carbocycles. The Kier molecular flexibility index (Phi) is 5.92. The summed E-state index contributed by atoms with van der Waals surface area (Å²) in [7, 11) is 4.01. The Hall–Kier alpha value is -2.15. The van der Waals surface area contributed by atoms with Crippen LogP contribution in [0.15, 0.2) is 24.3 Å². The van der Waals surface area contributed by atoms with Gasteiger partial charge in [0.15, 0.2) is 6.61 Å². The lowest BCUT2D eigenvalue weighted by atomic mass is 10.0. The van der Waals surface area contributed by atoms with Gasteiger partial charge in [0.05, 0.1) is 4.92 Å². The Balaban J connectivity index is 1.90. The molecule has 1 aromatic rings. The fourth-order valence-corrected chi connectivity index (χ4v) is 2.83. The molecular weight excluding hydrogens is 298 g/mol. The maximum Gasteiger partial charge on any atom is 0.269 e. The summed E-state index contributed by atoms with van der Waals surface area (Å²) < 4.78 is 5.48. The average molecular weight is 321 g/mol. The highest BCUT2D eigenvalue weighted by Crippen LogP contribution is 2.20. The smallest absolute Gasteiger partial charge is 0.269 e. The lowest BCUT2D eigenvalue weighted by molar-refractivity contribution is -0.384. The van der Waals surface area contributed by atoms with Gasteiger partial charge in [0, 0.05) is 31.3 Å². The number of nitro groups is 1. The summed E-state index contributed by atoms with van der Waals surface area (Å²) in [5, 5.41) is 10.6. The molecule has 1 heterocycles. The van der Waals surface area contributed by atoms with Crippen molar-refractivity contribution in [3.05, 3.63) is 34.4 Å². The summed E-state index contributed by atoms with van der Waals surface area (Å²) in [6.07, 6.45) is 3.18. The second kappa shape index (κ2) is 7.92. The predicted molar refractivity (Wildman–Crippen MR) is 86.5 cm³/mol. The Morgan fingerprint density at radius 3 is 2.65 bits per heavy atom. The Morgan fingerprint density at radius 2 is 2.04 bits per heavy atom. The number of ether oxygens (including phenoxy) is 1. The van der Waals surface area contributed by atoms with E-state index in [0.717, 1.165) is 32.4 Å². The van der Waals surface area contributed by atoms with Crippen molar-refractivity contribution < 1.29 is 14.5 Å². The lowest BCUT2D eigenvalue weighted by Gasteiger charge is -2.37. The van der Waals surface area contributed by atoms with Gasteiger partial charge in [-0.05, 0) is 45.5 Å². The minimum Gasteiger partial charge on any atom is -0.484 e. The second-order valence-corrected chi connectivity index (χ2v) is 6.04. The minimum atomic E-state index is -0.464. The van der Waals surface area contributed by atoms with Gasteiger partial charge in [-0.3, -0.25) is 14.9 Å². The minimum absolute atomic E-state index is 0.00533. The van der Waals surface area contributed by atoms with E-state index in [-0.39, 0.29) is 24.2 Å². The number of nitro benzene ring substituents is 1. The molecule has 7 nitrogen and oxygen atoms in total. The van der Waals surface area contributed by atoms with Gasteiger partial charge < -0.3 is 14.5 Å². The topological polar surface area (TPSA) is 75.9 Å². The van der Waals surface area contributed by atoms with Crippen LogP contribution < -0.4 is 4.74 Å². The summed E-state index contributed by atoms with van der Waals surface area (Å²) >= 11 is 0. The molecule has 0 N–H and O–H groups in total. The molecule has 1 aliphatic heterocycles. The lowest BCUT2D eigenvalue weighted by Crippen LogP contribution is -2.49. The monoisotopic (exact) mass is 321 g/mol. The molecule has 0 aromatic heterocycles. The number of likely N-dealkylation sites (tertiary alicyclic amines) is 1. The summed E-state index contributed by atoms with van der Waals surface area (Å²) in [6, 6.07) is 6.00. The molecule has 1 amide bonds. The zero-order valence-corrected chi connectivity index (χ0v) is 13.6. The molecular formula is C16H23N3O4. The molecule has 1 unspecified atom stereocenters. The maximum atomic E-state index is 12.4. The fourth-order valence-electron chi connectivity index (χ4n) is 2.83. The van der Waals surface area contributed by atoms with Crippen molar-refractivity contribution in [2.45, 2.75) is 25.3 Å². The third kappa shape index (κ3) is 4.92. The number of nitrogens with zero attached hydrogens (tertiary/aromatic N) is 3. The van der Waals surface area contributed by atoms with Crippen molar-refractivity contribution in [3.63, 3.8) is 0 Å². The van der Waals surface area contributed by atoms with Crippen LogP contribution >= 0.6 is 0 Å². The maximum absolute atomic E-state index is 12.4. The number of carbonyl (C=O) groups excluding carboxylic acids is 1. The molecule has 0 spiro atoms. The Labute approximate surface area is 136 Å². The van der Waals surface area contributed by atoms with Crippen LogP contribution in [0.25, 0.3) is 0 Å². The van der Waals surface area contributed by atoms with Crippen LogP contribution in [-0.4, -0.2) is 60.5 Å². The van der Waals surface area contributed by atoms with Gasteiger partial charge in [-0.1, -0.05) is 0 Å². The fraction of sp³-hybridized carbons (Fsp3) is 0.562. The highest BCUT2D eigenvalue weighted by molar-refractivity contribution is 5.78. The van der Waals surface area contributed by atoms with Crippen LogP contribution in [0.2, 0.25) is 0 Å². The zero-order chi connectivity index (χ0) is 16.8. The first-order valence-corrected chi connectivity index (χ1v) is 7.79. The predicted octanol–water partition coefficient (Wildman–Crippen LogP) is 1.92. The van der Waals surface area contributed by atoms with Crippen LogP contribution in [0.1, 0.15) is 19.3 Å². The van der Waals surface area contributed by atoms with Crippen LogP contribution in [0, 0.1) is 10.1 Å². The zero-order valence-electron chi connectivity index (χ0n) is 13.6. The molecule has 23 heavy (non-hydrogen) atoms. The molecule has 7 heteroatoms. The molecule has 0 bridgehead atoms. The summed E-state index contributed by atoms with van der Waals surface area (Å²) in [4.78, 5) is 26.5. The van der Waals surface area contributed by atoms with E-state index in [9.17, 15) is 14.9 Å². The SMILES string of the molecule is CN(C)CC1CCCCN1C(=O)COc1ccc([N+](=O)[O-])cc1. The van der Waals surface area contributed by atoms with Crippen molar-refractivity contribution in [1.82, 2.24) is 9.80 Å². The van der Waals surface area contributed by atoms with Crippen molar-refractivity contribution >= 4 is 11.6 Å². The van der Waals surface area contributed by atoms with E-state index in [0.29, 0.717) is 5.75 Å². The summed E-state index contributed by atoms with van der Waals surface area (Å²) in [5.41, 5.74) is 0.00533. The quantitative estimate of drug-likeness (QED) is 0.591. The van der Waals surface area contributed by atoms with Crippen molar-refractivity contribution in [1.29, 1.82) is 0 Å². The Bertz CT molecular complexity index is 545. The van der Waals surface area contributed by atoms with Crippen LogP contribution in [-0.2, 0) is 4.79 Å². The van der Waals surface area contributed by atoms with Crippen molar-refractivity contribution in [2.24, 2.45) is 0 Å². The average Bonchev–Trinajstić information content (AvgIpc) is 2.53. The van der Waals surface area contributed by atoms with Gasteiger partial charge >= 0.3 is 0 Å². The van der Waals surface area contributed by atoms with E-state index in [1.54, 1.807) is 0 Å². The number of benzene rings is 1. The number of non-ortho nitro benzene ring substituents is 1.